The Bertz CT molecular complexity index is 555. The Hall–Kier alpha value is -1.63. The van der Waals surface area contributed by atoms with E-state index in [2.05, 4.69) is 5.32 Å². The number of hydrogen-bond donors (Lipinski definition) is 2. The van der Waals surface area contributed by atoms with Gasteiger partial charge in [0, 0.05) is 37.0 Å². The molecule has 152 valence electrons. The highest BCUT2D eigenvalue weighted by Gasteiger charge is 2.41. The molecule has 2 amide bonds. The van der Waals surface area contributed by atoms with Gasteiger partial charge in [-0.2, -0.15) is 0 Å². The minimum Gasteiger partial charge on any atom is -0.480 e. The summed E-state index contributed by atoms with van der Waals surface area (Å²) in [5.41, 5.74) is 0. The molecule has 27 heavy (non-hydrogen) atoms. The van der Waals surface area contributed by atoms with Crippen LogP contribution in [0.3, 0.4) is 0 Å². The summed E-state index contributed by atoms with van der Waals surface area (Å²) in [6.45, 7) is 4.39. The highest BCUT2D eigenvalue weighted by Crippen LogP contribution is 2.34. The molecule has 3 rings (SSSR count). The smallest absolute Gasteiger partial charge is 0.317 e. The van der Waals surface area contributed by atoms with Crippen molar-refractivity contribution < 1.29 is 19.5 Å². The second-order valence-electron chi connectivity index (χ2n) is 8.32. The number of rotatable bonds is 7. The van der Waals surface area contributed by atoms with Crippen molar-refractivity contribution in [2.45, 2.75) is 70.4 Å². The average Bonchev–Trinajstić information content (AvgIpc) is 3.16. The lowest BCUT2D eigenvalue weighted by molar-refractivity contribution is -0.143. The summed E-state index contributed by atoms with van der Waals surface area (Å²) in [6.07, 6.45) is 7.40. The van der Waals surface area contributed by atoms with E-state index in [1.807, 2.05) is 16.7 Å². The van der Waals surface area contributed by atoms with Crippen LogP contribution in [-0.2, 0) is 14.4 Å². The quantitative estimate of drug-likeness (QED) is 0.699. The summed E-state index contributed by atoms with van der Waals surface area (Å²) >= 11 is 0. The largest absolute Gasteiger partial charge is 0.480 e. The normalized spacial score (nSPS) is 30.8. The molecule has 2 unspecified atom stereocenters. The molecule has 0 bridgehead atoms. The van der Waals surface area contributed by atoms with Crippen LogP contribution in [0, 0.1) is 11.8 Å². The van der Waals surface area contributed by atoms with Crippen LogP contribution in [0.5, 0.6) is 0 Å². The number of hydrogen-bond acceptors (Lipinski definition) is 4. The first-order valence-electron chi connectivity index (χ1n) is 10.5. The summed E-state index contributed by atoms with van der Waals surface area (Å²) < 4.78 is 0. The van der Waals surface area contributed by atoms with E-state index in [0.29, 0.717) is 6.54 Å². The van der Waals surface area contributed by atoms with Crippen molar-refractivity contribution in [2.75, 3.05) is 26.2 Å². The van der Waals surface area contributed by atoms with Crippen LogP contribution in [0.2, 0.25) is 0 Å². The molecule has 0 radical (unpaired) electrons. The van der Waals surface area contributed by atoms with Gasteiger partial charge in [0.25, 0.3) is 0 Å². The minimum atomic E-state index is -0.810. The molecule has 3 fully saturated rings. The maximum Gasteiger partial charge on any atom is 0.317 e. The Balaban J connectivity index is 1.51. The molecule has 2 N–H and O–H groups in total. The van der Waals surface area contributed by atoms with Crippen LogP contribution >= 0.6 is 0 Å². The monoisotopic (exact) mass is 379 g/mol. The maximum atomic E-state index is 12.9. The SMILES string of the molecule is CCN(CC(=O)O)C1CC(NC(=O)C2CCCCC2C(=O)N2CCCC2)C1. The van der Waals surface area contributed by atoms with Crippen molar-refractivity contribution in [3.63, 3.8) is 0 Å². The topological polar surface area (TPSA) is 90.0 Å². The molecule has 0 spiro atoms. The van der Waals surface area contributed by atoms with Gasteiger partial charge < -0.3 is 15.3 Å². The molecule has 1 saturated heterocycles. The molecule has 2 aliphatic carbocycles. The molecule has 3 aliphatic rings. The average molecular weight is 380 g/mol. The van der Waals surface area contributed by atoms with Gasteiger partial charge in [-0.25, -0.2) is 0 Å². The zero-order valence-corrected chi connectivity index (χ0v) is 16.4. The Labute approximate surface area is 161 Å². The fourth-order valence-corrected chi connectivity index (χ4v) is 4.90. The van der Waals surface area contributed by atoms with E-state index in [1.165, 1.54) is 0 Å². The lowest BCUT2D eigenvalue weighted by Crippen LogP contribution is -2.56. The highest BCUT2D eigenvalue weighted by atomic mass is 16.4. The number of carbonyl (C=O) groups excluding carboxylic acids is 2. The van der Waals surface area contributed by atoms with E-state index in [0.717, 1.165) is 64.5 Å². The van der Waals surface area contributed by atoms with Gasteiger partial charge in [-0.05, 0) is 45.1 Å². The van der Waals surface area contributed by atoms with Crippen molar-refractivity contribution in [3.8, 4) is 0 Å². The van der Waals surface area contributed by atoms with Gasteiger partial charge in [0.1, 0.15) is 0 Å². The van der Waals surface area contributed by atoms with Gasteiger partial charge in [0.15, 0.2) is 0 Å². The highest BCUT2D eigenvalue weighted by molar-refractivity contribution is 5.88. The van der Waals surface area contributed by atoms with Gasteiger partial charge in [0.2, 0.25) is 11.8 Å². The van der Waals surface area contributed by atoms with Crippen LogP contribution in [0.1, 0.15) is 58.3 Å². The molecule has 0 aromatic heterocycles. The number of nitrogens with one attached hydrogen (secondary N) is 1. The first-order valence-corrected chi connectivity index (χ1v) is 10.5. The molecule has 1 heterocycles. The molecular weight excluding hydrogens is 346 g/mol. The first kappa shape index (κ1) is 20.1. The van der Waals surface area contributed by atoms with Gasteiger partial charge >= 0.3 is 5.97 Å². The third kappa shape index (κ3) is 4.81. The molecule has 7 nitrogen and oxygen atoms in total. The van der Waals surface area contributed by atoms with Crippen molar-refractivity contribution in [2.24, 2.45) is 11.8 Å². The number of aliphatic carboxylic acids is 1. The first-order chi connectivity index (χ1) is 13.0. The van der Waals surface area contributed by atoms with Crippen molar-refractivity contribution in [3.05, 3.63) is 0 Å². The van der Waals surface area contributed by atoms with Crippen molar-refractivity contribution in [1.29, 1.82) is 0 Å². The molecule has 2 atom stereocenters. The van der Waals surface area contributed by atoms with Crippen LogP contribution in [-0.4, -0.2) is 71.0 Å². The third-order valence-electron chi connectivity index (χ3n) is 6.56. The number of carbonyl (C=O) groups is 3. The van der Waals surface area contributed by atoms with Gasteiger partial charge in [0.05, 0.1) is 6.54 Å². The Morgan fingerprint density at radius 3 is 2.26 bits per heavy atom. The van der Waals surface area contributed by atoms with E-state index in [9.17, 15) is 14.4 Å². The number of nitrogens with zero attached hydrogens (tertiary/aromatic N) is 2. The number of likely N-dealkylation sites (tertiary alicyclic amines) is 1. The Morgan fingerprint density at radius 2 is 1.67 bits per heavy atom. The van der Waals surface area contributed by atoms with Crippen LogP contribution < -0.4 is 5.32 Å². The summed E-state index contributed by atoms with van der Waals surface area (Å²) in [6, 6.07) is 0.333. The van der Waals surface area contributed by atoms with E-state index >= 15 is 0 Å². The molecule has 2 saturated carbocycles. The number of amides is 2. The molecular formula is C20H33N3O4. The van der Waals surface area contributed by atoms with Gasteiger partial charge in [-0.3, -0.25) is 19.3 Å². The number of likely N-dealkylation sites (N-methyl/N-ethyl adjacent to an activating group) is 1. The molecule has 0 aromatic rings. The third-order valence-corrected chi connectivity index (χ3v) is 6.56. The lowest BCUT2D eigenvalue weighted by Gasteiger charge is -2.43. The minimum absolute atomic E-state index is 0.0250. The van der Waals surface area contributed by atoms with Gasteiger partial charge in [-0.1, -0.05) is 19.8 Å². The summed E-state index contributed by atoms with van der Waals surface area (Å²) in [4.78, 5) is 40.6. The van der Waals surface area contributed by atoms with Gasteiger partial charge in [-0.15, -0.1) is 0 Å². The van der Waals surface area contributed by atoms with Crippen molar-refractivity contribution >= 4 is 17.8 Å². The molecule has 0 aromatic carbocycles. The summed E-state index contributed by atoms with van der Waals surface area (Å²) in [5.74, 6) is -0.969. The molecule has 7 heteroatoms. The van der Waals surface area contributed by atoms with E-state index in [1.54, 1.807) is 0 Å². The standard InChI is InChI=1S/C20H33N3O4/c1-2-22(13-18(24)25)15-11-14(12-15)21-19(26)16-7-3-4-8-17(16)20(27)23-9-5-6-10-23/h14-17H,2-13H2,1H3,(H,21,26)(H,24,25). The second kappa shape index (κ2) is 9.04. The second-order valence-corrected chi connectivity index (χ2v) is 8.32. The van der Waals surface area contributed by atoms with E-state index in [4.69, 9.17) is 5.11 Å². The van der Waals surface area contributed by atoms with Crippen molar-refractivity contribution in [1.82, 2.24) is 15.1 Å². The molecule has 1 aliphatic heterocycles. The maximum absolute atomic E-state index is 12.9. The predicted octanol–water partition coefficient (Wildman–Crippen LogP) is 1.47. The predicted molar refractivity (Wildman–Crippen MR) is 101 cm³/mol. The zero-order chi connectivity index (χ0) is 19.4. The number of carboxylic acid groups (broad SMARTS) is 1. The Kier molecular flexibility index (Phi) is 6.73. The fourth-order valence-electron chi connectivity index (χ4n) is 4.90. The van der Waals surface area contributed by atoms with E-state index < -0.39 is 5.97 Å². The fraction of sp³-hybridized carbons (Fsp3) is 0.850. The van der Waals surface area contributed by atoms with Crippen LogP contribution in [0.4, 0.5) is 0 Å². The zero-order valence-electron chi connectivity index (χ0n) is 16.4. The van der Waals surface area contributed by atoms with Crippen LogP contribution in [0.15, 0.2) is 0 Å². The summed E-state index contributed by atoms with van der Waals surface area (Å²) in [5, 5.41) is 12.1. The van der Waals surface area contributed by atoms with Crippen LogP contribution in [0.25, 0.3) is 0 Å². The number of carboxylic acids is 1. The van der Waals surface area contributed by atoms with E-state index in [-0.39, 0.29) is 42.3 Å². The lowest BCUT2D eigenvalue weighted by atomic mass is 9.77. The summed E-state index contributed by atoms with van der Waals surface area (Å²) in [7, 11) is 0. The Morgan fingerprint density at radius 1 is 1.04 bits per heavy atom.